The van der Waals surface area contributed by atoms with Crippen LogP contribution in [0.25, 0.3) is 0 Å². The summed E-state index contributed by atoms with van der Waals surface area (Å²) < 4.78 is 25.8. The summed E-state index contributed by atoms with van der Waals surface area (Å²) in [5.74, 6) is -0.962. The van der Waals surface area contributed by atoms with Crippen molar-refractivity contribution < 1.29 is 23.1 Å². The van der Waals surface area contributed by atoms with Crippen LogP contribution in [0.1, 0.15) is 64.1 Å². The minimum Gasteiger partial charge on any atom is -0.389 e. The Bertz CT molecular complexity index is 1460. The summed E-state index contributed by atoms with van der Waals surface area (Å²) >= 11 is 0. The second-order valence-corrected chi connectivity index (χ2v) is 12.9. The van der Waals surface area contributed by atoms with Crippen LogP contribution in [-0.2, 0) is 16.4 Å². The predicted molar refractivity (Wildman–Crippen MR) is 165 cm³/mol. The van der Waals surface area contributed by atoms with Crippen LogP contribution in [0.5, 0.6) is 0 Å². The van der Waals surface area contributed by atoms with E-state index in [1.54, 1.807) is 0 Å². The minimum atomic E-state index is -3.68. The third-order valence-corrected chi connectivity index (χ3v) is 8.94. The summed E-state index contributed by atoms with van der Waals surface area (Å²) in [5, 5.41) is 20.6. The Morgan fingerprint density at radius 2 is 1.55 bits per heavy atom. The quantitative estimate of drug-likeness (QED) is 0.270. The summed E-state index contributed by atoms with van der Waals surface area (Å²) in [6, 6.07) is 22.3. The number of aliphatic hydroxyl groups excluding tert-OH is 1. The molecule has 4 unspecified atom stereocenters. The number of anilines is 1. The van der Waals surface area contributed by atoms with Crippen molar-refractivity contribution in [2.75, 3.05) is 24.2 Å². The number of nitrogens with one attached hydrogen (secondary N) is 3. The average Bonchev–Trinajstić information content (AvgIpc) is 3.00. The molecule has 1 saturated heterocycles. The van der Waals surface area contributed by atoms with Crippen LogP contribution in [0.3, 0.4) is 0 Å². The summed E-state index contributed by atoms with van der Waals surface area (Å²) in [6.07, 6.45) is 3.41. The van der Waals surface area contributed by atoms with Gasteiger partial charge in [0.1, 0.15) is 0 Å². The molecule has 3 aromatic carbocycles. The molecule has 4 atom stereocenters. The van der Waals surface area contributed by atoms with Gasteiger partial charge < -0.3 is 21.1 Å². The summed E-state index contributed by atoms with van der Waals surface area (Å²) in [7, 11) is -2.30. The first kappa shape index (κ1) is 31.2. The van der Waals surface area contributed by atoms with E-state index < -0.39 is 34.0 Å². The lowest BCUT2D eigenvalue weighted by Gasteiger charge is -2.34. The number of hydrogen-bond acceptors (Lipinski definition) is 6. The molecule has 1 aliphatic rings. The molecule has 1 aliphatic heterocycles. The smallest absolute Gasteiger partial charge is 0.251 e. The molecule has 1 fully saturated rings. The largest absolute Gasteiger partial charge is 0.389 e. The molecule has 224 valence electrons. The van der Waals surface area contributed by atoms with E-state index in [0.717, 1.165) is 47.5 Å². The van der Waals surface area contributed by atoms with Crippen LogP contribution in [-0.4, -0.2) is 63.4 Å². The first-order valence-corrected chi connectivity index (χ1v) is 16.1. The number of carbonyl (C=O) groups is 2. The summed E-state index contributed by atoms with van der Waals surface area (Å²) in [6.45, 7) is 2.65. The fourth-order valence-electron chi connectivity index (χ4n) is 5.18. The fraction of sp³-hybridized carbons (Fsp3) is 0.375. The number of piperidine rings is 1. The molecular weight excluding hydrogens is 552 g/mol. The van der Waals surface area contributed by atoms with Gasteiger partial charge in [0.25, 0.3) is 11.8 Å². The number of carbonyl (C=O) groups excluding carboxylic acids is 2. The van der Waals surface area contributed by atoms with E-state index in [0.29, 0.717) is 6.42 Å². The molecule has 1 heterocycles. The Kier molecular flexibility index (Phi) is 10.4. The highest BCUT2D eigenvalue weighted by molar-refractivity contribution is 7.92. The standard InChI is InChI=1S/C32H40N4O5S/c1-22(24-14-8-5-9-15-24)34-31(38)25-19-26(21-27(20-25)36(2)42(3,40)41)32(39)35-29(18-23-12-6-4-7-13-23)30(37)28-16-10-11-17-33-28/h4-9,12-15,19-22,28-30,33,37H,10-11,16-18H2,1-3H3,(H,34,38)(H,35,39). The molecule has 9 nitrogen and oxygen atoms in total. The van der Waals surface area contributed by atoms with Crippen LogP contribution in [0.4, 0.5) is 5.69 Å². The zero-order valence-electron chi connectivity index (χ0n) is 24.3. The van der Waals surface area contributed by atoms with E-state index in [-0.39, 0.29) is 28.9 Å². The average molecular weight is 593 g/mol. The van der Waals surface area contributed by atoms with E-state index in [1.807, 2.05) is 67.6 Å². The van der Waals surface area contributed by atoms with Gasteiger partial charge in [0.2, 0.25) is 10.0 Å². The third-order valence-electron chi connectivity index (χ3n) is 7.74. The SMILES string of the molecule is CC(NC(=O)c1cc(C(=O)NC(Cc2ccccc2)C(O)C2CCCCN2)cc(N(C)S(C)(=O)=O)c1)c1ccccc1. The van der Waals surface area contributed by atoms with Gasteiger partial charge in [-0.3, -0.25) is 13.9 Å². The van der Waals surface area contributed by atoms with Crippen LogP contribution in [0.15, 0.2) is 78.9 Å². The molecule has 0 spiro atoms. The topological polar surface area (TPSA) is 128 Å². The fourth-order valence-corrected chi connectivity index (χ4v) is 5.67. The van der Waals surface area contributed by atoms with E-state index >= 15 is 0 Å². The van der Waals surface area contributed by atoms with Crippen molar-refractivity contribution in [3.8, 4) is 0 Å². The first-order chi connectivity index (χ1) is 20.0. The number of rotatable bonds is 11. The normalized spacial score (nSPS) is 17.5. The maximum atomic E-state index is 13.7. The third kappa shape index (κ3) is 8.18. The van der Waals surface area contributed by atoms with Gasteiger partial charge in [0.05, 0.1) is 30.1 Å². The molecule has 0 saturated carbocycles. The van der Waals surface area contributed by atoms with Crippen molar-refractivity contribution in [3.05, 3.63) is 101 Å². The monoisotopic (exact) mass is 592 g/mol. The Morgan fingerprint density at radius 1 is 0.952 bits per heavy atom. The molecule has 0 radical (unpaired) electrons. The molecular formula is C32H40N4O5S. The molecule has 0 bridgehead atoms. The highest BCUT2D eigenvalue weighted by Crippen LogP contribution is 2.23. The van der Waals surface area contributed by atoms with Crippen LogP contribution in [0.2, 0.25) is 0 Å². The Morgan fingerprint density at radius 3 is 2.12 bits per heavy atom. The van der Waals surface area contributed by atoms with E-state index in [1.165, 1.54) is 25.2 Å². The molecule has 3 aromatic rings. The van der Waals surface area contributed by atoms with Gasteiger partial charge in [-0.15, -0.1) is 0 Å². The number of sulfonamides is 1. The number of hydrogen-bond donors (Lipinski definition) is 4. The van der Waals surface area contributed by atoms with Gasteiger partial charge >= 0.3 is 0 Å². The molecule has 4 rings (SSSR count). The molecule has 0 aliphatic carbocycles. The molecule has 0 aromatic heterocycles. The highest BCUT2D eigenvalue weighted by atomic mass is 32.2. The van der Waals surface area contributed by atoms with Gasteiger partial charge in [-0.2, -0.15) is 0 Å². The van der Waals surface area contributed by atoms with Crippen molar-refractivity contribution in [2.45, 2.75) is 56.8 Å². The second-order valence-electron chi connectivity index (χ2n) is 10.9. The number of amides is 2. The van der Waals surface area contributed by atoms with Crippen LogP contribution in [0, 0.1) is 0 Å². The van der Waals surface area contributed by atoms with Gasteiger partial charge in [-0.05, 0) is 62.1 Å². The van der Waals surface area contributed by atoms with E-state index in [9.17, 15) is 23.1 Å². The van der Waals surface area contributed by atoms with Gasteiger partial charge in [0, 0.05) is 24.2 Å². The lowest BCUT2D eigenvalue weighted by molar-refractivity contribution is 0.0647. The lowest BCUT2D eigenvalue weighted by Crippen LogP contribution is -2.55. The highest BCUT2D eigenvalue weighted by Gasteiger charge is 2.31. The zero-order chi connectivity index (χ0) is 30.3. The molecule has 4 N–H and O–H groups in total. The van der Waals surface area contributed by atoms with E-state index in [4.69, 9.17) is 0 Å². The first-order valence-electron chi connectivity index (χ1n) is 14.2. The van der Waals surface area contributed by atoms with Gasteiger partial charge in [-0.25, -0.2) is 8.42 Å². The summed E-state index contributed by atoms with van der Waals surface area (Å²) in [4.78, 5) is 27.1. The van der Waals surface area contributed by atoms with Crippen molar-refractivity contribution in [1.29, 1.82) is 0 Å². The van der Waals surface area contributed by atoms with Crippen molar-refractivity contribution >= 4 is 27.5 Å². The Labute approximate surface area is 248 Å². The lowest BCUT2D eigenvalue weighted by atomic mass is 9.91. The number of nitrogens with zero attached hydrogens (tertiary/aromatic N) is 1. The maximum absolute atomic E-state index is 13.7. The van der Waals surface area contributed by atoms with E-state index in [2.05, 4.69) is 16.0 Å². The van der Waals surface area contributed by atoms with Gasteiger partial charge in [-0.1, -0.05) is 67.1 Å². The number of benzene rings is 3. The Hall–Kier alpha value is -3.73. The van der Waals surface area contributed by atoms with Crippen LogP contribution < -0.4 is 20.3 Å². The zero-order valence-corrected chi connectivity index (χ0v) is 25.1. The second kappa shape index (κ2) is 14.0. The van der Waals surface area contributed by atoms with Gasteiger partial charge in [0.15, 0.2) is 0 Å². The molecule has 2 amide bonds. The predicted octanol–water partition coefficient (Wildman–Crippen LogP) is 3.42. The Balaban J connectivity index is 1.64. The van der Waals surface area contributed by atoms with Crippen molar-refractivity contribution in [3.63, 3.8) is 0 Å². The van der Waals surface area contributed by atoms with Crippen molar-refractivity contribution in [1.82, 2.24) is 16.0 Å². The molecule has 42 heavy (non-hydrogen) atoms. The number of aliphatic hydroxyl groups is 1. The minimum absolute atomic E-state index is 0.113. The summed E-state index contributed by atoms with van der Waals surface area (Å²) in [5.41, 5.74) is 2.30. The van der Waals surface area contributed by atoms with Crippen LogP contribution >= 0.6 is 0 Å². The van der Waals surface area contributed by atoms with Crippen molar-refractivity contribution in [2.24, 2.45) is 0 Å². The maximum Gasteiger partial charge on any atom is 0.251 e. The molecule has 10 heteroatoms.